The van der Waals surface area contributed by atoms with Crippen molar-refractivity contribution >= 4 is 23.6 Å². The summed E-state index contributed by atoms with van der Waals surface area (Å²) in [6, 6.07) is 15.1. The molecule has 2 aromatic rings. The molecule has 1 heterocycles. The molecule has 3 rings (SSSR count). The normalized spacial score (nSPS) is 16.0. The first kappa shape index (κ1) is 26.8. The Morgan fingerprint density at radius 2 is 1.89 bits per heavy atom. The maximum Gasteiger partial charge on any atom is 0.407 e. The van der Waals surface area contributed by atoms with Crippen LogP contribution in [0.1, 0.15) is 62.1 Å². The van der Waals surface area contributed by atoms with Gasteiger partial charge in [0.15, 0.2) is 0 Å². The van der Waals surface area contributed by atoms with Crippen molar-refractivity contribution in [2.45, 2.75) is 51.7 Å². The van der Waals surface area contributed by atoms with Gasteiger partial charge in [-0.1, -0.05) is 41.9 Å². The minimum absolute atomic E-state index is 0.108. The van der Waals surface area contributed by atoms with Gasteiger partial charge in [-0.05, 0) is 63.8 Å². The number of alkyl carbamates (subject to hydrolysis) is 1. The van der Waals surface area contributed by atoms with Crippen LogP contribution in [0.2, 0.25) is 5.02 Å². The van der Waals surface area contributed by atoms with Gasteiger partial charge < -0.3 is 24.4 Å². The number of unbranched alkanes of at least 4 members (excludes halogenated alkanes) is 2. The highest BCUT2D eigenvalue weighted by Crippen LogP contribution is 2.27. The average molecular weight is 503 g/mol. The number of carbonyl (C=O) groups excluding carboxylic acids is 2. The van der Waals surface area contributed by atoms with Gasteiger partial charge in [-0.25, -0.2) is 4.79 Å². The van der Waals surface area contributed by atoms with Gasteiger partial charge in [-0.15, -0.1) is 0 Å². The molecule has 2 amide bonds. The number of carbonyl (C=O) groups is 2. The van der Waals surface area contributed by atoms with Gasteiger partial charge in [0.2, 0.25) is 0 Å². The molecular formula is C27H35ClN2O5. The lowest BCUT2D eigenvalue weighted by Crippen LogP contribution is -2.42. The van der Waals surface area contributed by atoms with Crippen molar-refractivity contribution in [3.05, 3.63) is 64.7 Å². The van der Waals surface area contributed by atoms with Crippen LogP contribution in [0.5, 0.6) is 5.75 Å². The molecule has 190 valence electrons. The van der Waals surface area contributed by atoms with E-state index in [0.29, 0.717) is 49.2 Å². The number of nitrogens with one attached hydrogen (secondary N) is 1. The molecule has 2 aromatic carbocycles. The number of benzene rings is 2. The topological polar surface area (TPSA) is 77.1 Å². The summed E-state index contributed by atoms with van der Waals surface area (Å²) >= 11 is 6.44. The van der Waals surface area contributed by atoms with E-state index in [4.69, 9.17) is 25.8 Å². The maximum absolute atomic E-state index is 13.1. The van der Waals surface area contributed by atoms with E-state index in [2.05, 4.69) is 5.32 Å². The molecular weight excluding hydrogens is 468 g/mol. The van der Waals surface area contributed by atoms with Crippen LogP contribution in [-0.4, -0.2) is 55.3 Å². The second kappa shape index (κ2) is 12.8. The molecule has 0 radical (unpaired) electrons. The van der Waals surface area contributed by atoms with Gasteiger partial charge in [-0.3, -0.25) is 4.79 Å². The zero-order chi connectivity index (χ0) is 25.3. The Morgan fingerprint density at radius 3 is 2.60 bits per heavy atom. The Kier molecular flexibility index (Phi) is 9.81. The van der Waals surface area contributed by atoms with Gasteiger partial charge in [0.1, 0.15) is 17.5 Å². The molecule has 8 heteroatoms. The fourth-order valence-corrected chi connectivity index (χ4v) is 3.98. The van der Waals surface area contributed by atoms with E-state index in [0.717, 1.165) is 24.8 Å². The predicted molar refractivity (Wildman–Crippen MR) is 136 cm³/mol. The summed E-state index contributed by atoms with van der Waals surface area (Å²) in [6.45, 7) is 8.09. The molecule has 1 aliphatic heterocycles. The van der Waals surface area contributed by atoms with Gasteiger partial charge in [-0.2, -0.15) is 0 Å². The van der Waals surface area contributed by atoms with Crippen molar-refractivity contribution in [2.24, 2.45) is 0 Å². The van der Waals surface area contributed by atoms with E-state index in [-0.39, 0.29) is 12.0 Å². The van der Waals surface area contributed by atoms with Crippen LogP contribution in [0.15, 0.2) is 48.5 Å². The molecule has 1 unspecified atom stereocenters. The first-order valence-corrected chi connectivity index (χ1v) is 12.5. The van der Waals surface area contributed by atoms with Crippen molar-refractivity contribution in [1.82, 2.24) is 10.2 Å². The highest BCUT2D eigenvalue weighted by Gasteiger charge is 2.27. The summed E-state index contributed by atoms with van der Waals surface area (Å²) in [4.78, 5) is 26.5. The van der Waals surface area contributed by atoms with Crippen molar-refractivity contribution in [2.75, 3.05) is 32.8 Å². The number of hydrogen-bond acceptors (Lipinski definition) is 5. The molecule has 0 aliphatic carbocycles. The van der Waals surface area contributed by atoms with Crippen molar-refractivity contribution in [3.8, 4) is 5.75 Å². The van der Waals surface area contributed by atoms with E-state index in [1.807, 2.05) is 51.1 Å². The van der Waals surface area contributed by atoms with Crippen LogP contribution in [0.4, 0.5) is 4.79 Å². The van der Waals surface area contributed by atoms with Crippen LogP contribution >= 0.6 is 11.6 Å². The molecule has 0 bridgehead atoms. The number of halogens is 1. The molecule has 1 aliphatic rings. The lowest BCUT2D eigenvalue weighted by molar-refractivity contribution is -0.0228. The smallest absolute Gasteiger partial charge is 0.407 e. The minimum Gasteiger partial charge on any atom is -0.494 e. The van der Waals surface area contributed by atoms with E-state index < -0.39 is 11.7 Å². The van der Waals surface area contributed by atoms with Crippen LogP contribution in [0.3, 0.4) is 0 Å². The number of nitrogens with zero attached hydrogens (tertiary/aromatic N) is 1. The van der Waals surface area contributed by atoms with Gasteiger partial charge in [0.25, 0.3) is 5.91 Å². The van der Waals surface area contributed by atoms with Gasteiger partial charge in [0, 0.05) is 13.1 Å². The van der Waals surface area contributed by atoms with E-state index in [9.17, 15) is 9.59 Å². The summed E-state index contributed by atoms with van der Waals surface area (Å²) in [7, 11) is 0. The lowest BCUT2D eigenvalue weighted by atomic mass is 10.1. The zero-order valence-electron chi connectivity index (χ0n) is 20.7. The van der Waals surface area contributed by atoms with Crippen molar-refractivity contribution < 1.29 is 23.8 Å². The first-order chi connectivity index (χ1) is 16.7. The third-order valence-electron chi connectivity index (χ3n) is 5.45. The number of ether oxygens (including phenoxy) is 3. The Morgan fingerprint density at radius 1 is 1.11 bits per heavy atom. The number of hydrogen-bond donors (Lipinski definition) is 1. The summed E-state index contributed by atoms with van der Waals surface area (Å²) in [5.74, 6) is 0.519. The Bertz CT molecular complexity index is 977. The summed E-state index contributed by atoms with van der Waals surface area (Å²) < 4.78 is 16.9. The summed E-state index contributed by atoms with van der Waals surface area (Å²) in [5, 5.41) is 3.12. The average Bonchev–Trinajstić information content (AvgIpc) is 2.82. The predicted octanol–water partition coefficient (Wildman–Crippen LogP) is 5.63. The first-order valence-electron chi connectivity index (χ1n) is 12.1. The van der Waals surface area contributed by atoms with Crippen LogP contribution in [-0.2, 0) is 9.47 Å². The Labute approximate surface area is 212 Å². The molecule has 1 atom stereocenters. The van der Waals surface area contributed by atoms with Crippen LogP contribution in [0, 0.1) is 0 Å². The molecule has 7 nitrogen and oxygen atoms in total. The summed E-state index contributed by atoms with van der Waals surface area (Å²) in [5.41, 5.74) is 1.02. The highest BCUT2D eigenvalue weighted by atomic mass is 35.5. The van der Waals surface area contributed by atoms with Crippen molar-refractivity contribution in [3.63, 3.8) is 0 Å². The third kappa shape index (κ3) is 8.75. The van der Waals surface area contributed by atoms with Gasteiger partial charge >= 0.3 is 6.09 Å². The number of morpholine rings is 1. The van der Waals surface area contributed by atoms with Crippen molar-refractivity contribution in [1.29, 1.82) is 0 Å². The minimum atomic E-state index is -0.494. The fourth-order valence-electron chi connectivity index (χ4n) is 3.73. The zero-order valence-corrected chi connectivity index (χ0v) is 21.5. The third-order valence-corrected chi connectivity index (χ3v) is 5.77. The fraction of sp³-hybridized carbons (Fsp3) is 0.481. The standard InChI is InChI=1S/C27H35ClN2O5/c1-27(2,3)35-26(32)29-14-8-5-9-16-33-21-12-13-22(23(28)18-21)25(31)30-15-17-34-24(19-30)20-10-6-4-7-11-20/h4,6-7,10-13,18,24H,5,8-9,14-17,19H2,1-3H3,(H,29,32). The van der Waals surface area contributed by atoms with E-state index >= 15 is 0 Å². The quantitative estimate of drug-likeness (QED) is 0.450. The highest BCUT2D eigenvalue weighted by molar-refractivity contribution is 6.34. The summed E-state index contributed by atoms with van der Waals surface area (Å²) in [6.07, 6.45) is 2.03. The molecule has 0 aromatic heterocycles. The number of rotatable bonds is 9. The van der Waals surface area contributed by atoms with Crippen LogP contribution < -0.4 is 10.1 Å². The maximum atomic E-state index is 13.1. The molecule has 1 N–H and O–H groups in total. The molecule has 0 spiro atoms. The monoisotopic (exact) mass is 502 g/mol. The molecule has 1 fully saturated rings. The Balaban J connectivity index is 1.40. The van der Waals surface area contributed by atoms with E-state index in [1.54, 1.807) is 23.1 Å². The second-order valence-corrected chi connectivity index (χ2v) is 9.91. The lowest BCUT2D eigenvalue weighted by Gasteiger charge is -2.33. The van der Waals surface area contributed by atoms with Crippen LogP contribution in [0.25, 0.3) is 0 Å². The molecule has 1 saturated heterocycles. The van der Waals surface area contributed by atoms with Gasteiger partial charge in [0.05, 0.1) is 30.3 Å². The second-order valence-electron chi connectivity index (χ2n) is 9.50. The molecule has 0 saturated carbocycles. The Hall–Kier alpha value is -2.77. The van der Waals surface area contributed by atoms with E-state index in [1.165, 1.54) is 0 Å². The largest absolute Gasteiger partial charge is 0.494 e. The number of amides is 2. The molecule has 35 heavy (non-hydrogen) atoms. The SMILES string of the molecule is CC(C)(C)OC(=O)NCCCCCOc1ccc(C(=O)N2CCOC(c3ccccc3)C2)c(Cl)c1.